The number of nitrogens with one attached hydrogen (secondary N) is 1. The third kappa shape index (κ3) is 4.18. The lowest BCUT2D eigenvalue weighted by Gasteiger charge is -2.31. The Bertz CT molecular complexity index is 270. The first kappa shape index (κ1) is 15.3. The summed E-state index contributed by atoms with van der Waals surface area (Å²) in [6, 6.07) is 0. The van der Waals surface area contributed by atoms with Gasteiger partial charge in [0.25, 0.3) is 0 Å². The molecule has 1 N–H and O–H groups in total. The lowest BCUT2D eigenvalue weighted by atomic mass is 9.91. The molecular weight excluding hydrogens is 250 g/mol. The fourth-order valence-corrected chi connectivity index (χ4v) is 4.98. The van der Waals surface area contributed by atoms with Gasteiger partial charge in [0, 0.05) is 22.9 Å². The average Bonchev–Trinajstić information content (AvgIpc) is 2.51. The van der Waals surface area contributed by atoms with Crippen LogP contribution in [0.25, 0.3) is 0 Å². The van der Waals surface area contributed by atoms with Gasteiger partial charge in [-0.1, -0.05) is 46.0 Å². The first-order valence-corrected chi connectivity index (χ1v) is 9.46. The zero-order chi connectivity index (χ0) is 13.5. The van der Waals surface area contributed by atoms with Gasteiger partial charge in [-0.3, -0.25) is 0 Å². The SMILES string of the molecule is CCCC1CCCCCC(CCC)C2=C1NCCS2. The summed E-state index contributed by atoms with van der Waals surface area (Å²) >= 11 is 2.17. The maximum atomic E-state index is 3.80. The zero-order valence-electron chi connectivity index (χ0n) is 12.8. The van der Waals surface area contributed by atoms with E-state index < -0.39 is 0 Å². The van der Waals surface area contributed by atoms with Gasteiger partial charge < -0.3 is 5.32 Å². The molecule has 2 rings (SSSR count). The van der Waals surface area contributed by atoms with Gasteiger partial charge >= 0.3 is 0 Å². The normalized spacial score (nSPS) is 28.9. The summed E-state index contributed by atoms with van der Waals surface area (Å²) in [5.41, 5.74) is 1.67. The van der Waals surface area contributed by atoms with E-state index in [1.54, 1.807) is 10.6 Å². The summed E-state index contributed by atoms with van der Waals surface area (Å²) in [5, 5.41) is 3.80. The lowest BCUT2D eigenvalue weighted by Crippen LogP contribution is -2.29. The highest BCUT2D eigenvalue weighted by molar-refractivity contribution is 8.03. The maximum Gasteiger partial charge on any atom is 0.0238 e. The molecule has 0 saturated carbocycles. The predicted molar refractivity (Wildman–Crippen MR) is 87.4 cm³/mol. The second-order valence-electron chi connectivity index (χ2n) is 6.16. The van der Waals surface area contributed by atoms with Gasteiger partial charge in [0.15, 0.2) is 0 Å². The first-order chi connectivity index (χ1) is 9.36. The van der Waals surface area contributed by atoms with Crippen molar-refractivity contribution in [1.82, 2.24) is 5.32 Å². The van der Waals surface area contributed by atoms with Gasteiger partial charge in [0.2, 0.25) is 0 Å². The highest BCUT2D eigenvalue weighted by Crippen LogP contribution is 2.41. The van der Waals surface area contributed by atoms with E-state index in [9.17, 15) is 0 Å². The summed E-state index contributed by atoms with van der Waals surface area (Å²) in [4.78, 5) is 1.76. The Labute approximate surface area is 124 Å². The molecule has 2 atom stereocenters. The number of hydrogen-bond donors (Lipinski definition) is 1. The summed E-state index contributed by atoms with van der Waals surface area (Å²) in [7, 11) is 0. The first-order valence-electron chi connectivity index (χ1n) is 8.47. The van der Waals surface area contributed by atoms with Crippen LogP contribution in [0.3, 0.4) is 0 Å². The molecule has 1 heterocycles. The van der Waals surface area contributed by atoms with Crippen molar-refractivity contribution in [2.24, 2.45) is 11.8 Å². The molecule has 0 fully saturated rings. The van der Waals surface area contributed by atoms with Crippen molar-refractivity contribution in [3.8, 4) is 0 Å². The van der Waals surface area contributed by atoms with Gasteiger partial charge in [0.05, 0.1) is 0 Å². The molecule has 0 spiro atoms. The van der Waals surface area contributed by atoms with Crippen LogP contribution in [0.5, 0.6) is 0 Å². The Balaban J connectivity index is 2.24. The Morgan fingerprint density at radius 3 is 2.42 bits per heavy atom. The van der Waals surface area contributed by atoms with E-state index in [1.165, 1.54) is 70.1 Å². The standard InChI is InChI=1S/C17H31NS/c1-3-8-14-10-6-5-7-11-15(9-4-2)17-16(14)18-12-13-19-17/h14-15,18H,3-13H2,1-2H3. The molecule has 1 nitrogen and oxygen atoms in total. The lowest BCUT2D eigenvalue weighted by molar-refractivity contribution is 0.457. The third-order valence-electron chi connectivity index (χ3n) is 4.60. The van der Waals surface area contributed by atoms with E-state index in [1.807, 2.05) is 0 Å². The minimum Gasteiger partial charge on any atom is -0.387 e. The van der Waals surface area contributed by atoms with E-state index in [0.29, 0.717) is 0 Å². The number of hydrogen-bond acceptors (Lipinski definition) is 2. The molecule has 0 aromatic heterocycles. The second-order valence-corrected chi connectivity index (χ2v) is 7.30. The van der Waals surface area contributed by atoms with Gasteiger partial charge in [-0.15, -0.1) is 11.8 Å². The van der Waals surface area contributed by atoms with E-state index in [2.05, 4.69) is 30.9 Å². The van der Waals surface area contributed by atoms with Crippen LogP contribution in [-0.2, 0) is 0 Å². The smallest absolute Gasteiger partial charge is 0.0238 e. The minimum atomic E-state index is 0.824. The Kier molecular flexibility index (Phi) is 6.63. The molecule has 19 heavy (non-hydrogen) atoms. The molecule has 110 valence electrons. The van der Waals surface area contributed by atoms with Crippen molar-refractivity contribution in [1.29, 1.82) is 0 Å². The second kappa shape index (κ2) is 8.24. The van der Waals surface area contributed by atoms with Crippen molar-refractivity contribution in [2.45, 2.75) is 71.6 Å². The van der Waals surface area contributed by atoms with E-state index in [-0.39, 0.29) is 0 Å². The van der Waals surface area contributed by atoms with Gasteiger partial charge in [0.1, 0.15) is 0 Å². The molecule has 0 radical (unpaired) electrons. The molecule has 0 bridgehead atoms. The monoisotopic (exact) mass is 281 g/mol. The Morgan fingerprint density at radius 2 is 1.68 bits per heavy atom. The highest BCUT2D eigenvalue weighted by atomic mass is 32.2. The van der Waals surface area contributed by atoms with Crippen molar-refractivity contribution in [2.75, 3.05) is 12.3 Å². The molecule has 0 amide bonds. The molecule has 0 saturated heterocycles. The van der Waals surface area contributed by atoms with Crippen LogP contribution in [-0.4, -0.2) is 12.3 Å². The van der Waals surface area contributed by atoms with Crippen molar-refractivity contribution in [3.63, 3.8) is 0 Å². The number of allylic oxidation sites excluding steroid dienone is 2. The molecule has 2 heteroatoms. The maximum absolute atomic E-state index is 3.80. The van der Waals surface area contributed by atoms with Crippen molar-refractivity contribution in [3.05, 3.63) is 10.6 Å². The van der Waals surface area contributed by atoms with Gasteiger partial charge in [-0.25, -0.2) is 0 Å². The fourth-order valence-electron chi connectivity index (χ4n) is 3.69. The summed E-state index contributed by atoms with van der Waals surface area (Å²) < 4.78 is 0. The van der Waals surface area contributed by atoms with Crippen LogP contribution in [0.15, 0.2) is 10.6 Å². The molecule has 0 aromatic rings. The molecular formula is C17H31NS. The van der Waals surface area contributed by atoms with Crippen LogP contribution < -0.4 is 5.32 Å². The van der Waals surface area contributed by atoms with Crippen LogP contribution >= 0.6 is 11.8 Å². The third-order valence-corrected chi connectivity index (χ3v) is 5.87. The summed E-state index contributed by atoms with van der Waals surface area (Å²) in [5.74, 6) is 2.96. The van der Waals surface area contributed by atoms with E-state index >= 15 is 0 Å². The number of thioether (sulfide) groups is 1. The summed E-state index contributed by atoms with van der Waals surface area (Å²) in [6.45, 7) is 5.87. The van der Waals surface area contributed by atoms with Crippen LogP contribution in [0.2, 0.25) is 0 Å². The largest absolute Gasteiger partial charge is 0.387 e. The Hall–Kier alpha value is -0.110. The topological polar surface area (TPSA) is 12.0 Å². The zero-order valence-corrected chi connectivity index (χ0v) is 13.7. The molecule has 1 aliphatic heterocycles. The van der Waals surface area contributed by atoms with Crippen LogP contribution in [0.1, 0.15) is 71.6 Å². The predicted octanol–water partition coefficient (Wildman–Crippen LogP) is 5.33. The quantitative estimate of drug-likeness (QED) is 0.747. The van der Waals surface area contributed by atoms with E-state index in [4.69, 9.17) is 0 Å². The molecule has 2 unspecified atom stereocenters. The molecule has 1 aliphatic carbocycles. The van der Waals surface area contributed by atoms with Crippen molar-refractivity contribution >= 4 is 11.8 Å². The number of rotatable bonds is 4. The van der Waals surface area contributed by atoms with Crippen molar-refractivity contribution < 1.29 is 0 Å². The van der Waals surface area contributed by atoms with Gasteiger partial charge in [-0.2, -0.15) is 0 Å². The minimum absolute atomic E-state index is 0.824. The summed E-state index contributed by atoms with van der Waals surface area (Å²) in [6.07, 6.45) is 12.6. The van der Waals surface area contributed by atoms with Crippen LogP contribution in [0.4, 0.5) is 0 Å². The molecule has 2 aliphatic rings. The van der Waals surface area contributed by atoms with Gasteiger partial charge in [-0.05, 0) is 37.5 Å². The van der Waals surface area contributed by atoms with E-state index in [0.717, 1.165) is 11.8 Å². The fraction of sp³-hybridized carbons (Fsp3) is 0.882. The Morgan fingerprint density at radius 1 is 1.00 bits per heavy atom. The molecule has 0 aromatic carbocycles. The highest BCUT2D eigenvalue weighted by Gasteiger charge is 2.26. The van der Waals surface area contributed by atoms with Crippen LogP contribution in [0, 0.1) is 11.8 Å². The average molecular weight is 282 g/mol.